The molecular formula is C14H18INO3S. The van der Waals surface area contributed by atoms with E-state index in [4.69, 9.17) is 4.74 Å². The predicted molar refractivity (Wildman–Crippen MR) is 84.8 cm³/mol. The average molecular weight is 407 g/mol. The van der Waals surface area contributed by atoms with E-state index >= 15 is 0 Å². The second-order valence-corrected chi connectivity index (χ2v) is 8.49. The van der Waals surface area contributed by atoms with Gasteiger partial charge in [-0.25, -0.2) is 8.42 Å². The minimum Gasteiger partial charge on any atom is -0.358 e. The molecule has 1 spiro atoms. The Bertz CT molecular complexity index is 579. The largest absolute Gasteiger partial charge is 0.358 e. The number of ether oxygens (including phenoxy) is 1. The second kappa shape index (κ2) is 5.55. The summed E-state index contributed by atoms with van der Waals surface area (Å²) in [6.07, 6.45) is 4.88. The van der Waals surface area contributed by atoms with Crippen LogP contribution in [0.5, 0.6) is 0 Å². The zero-order chi connectivity index (χ0) is 14.2. The van der Waals surface area contributed by atoms with E-state index in [1.54, 1.807) is 16.4 Å². The lowest BCUT2D eigenvalue weighted by Crippen LogP contribution is -2.49. The van der Waals surface area contributed by atoms with Crippen LogP contribution in [0.3, 0.4) is 0 Å². The van der Waals surface area contributed by atoms with Crippen molar-refractivity contribution >= 4 is 32.6 Å². The predicted octanol–water partition coefficient (Wildman–Crippen LogP) is 2.97. The van der Waals surface area contributed by atoms with Gasteiger partial charge in [0, 0.05) is 10.1 Å². The first-order valence-corrected chi connectivity index (χ1v) is 9.49. The van der Waals surface area contributed by atoms with Gasteiger partial charge in [-0.1, -0.05) is 6.42 Å². The van der Waals surface area contributed by atoms with Gasteiger partial charge in [-0.15, -0.1) is 0 Å². The van der Waals surface area contributed by atoms with Gasteiger partial charge < -0.3 is 4.74 Å². The first-order valence-electron chi connectivity index (χ1n) is 6.97. The number of rotatable bonds is 2. The lowest BCUT2D eigenvalue weighted by molar-refractivity contribution is -0.0755. The van der Waals surface area contributed by atoms with E-state index in [0.29, 0.717) is 18.0 Å². The molecule has 0 atom stereocenters. The molecule has 0 aromatic heterocycles. The molecule has 0 N–H and O–H groups in total. The SMILES string of the molecule is O=S(=O)(c1ccc(I)cc1)N1CCOC12CCCCC2. The van der Waals surface area contributed by atoms with E-state index in [2.05, 4.69) is 22.6 Å². The van der Waals surface area contributed by atoms with Gasteiger partial charge in [-0.2, -0.15) is 4.31 Å². The molecule has 110 valence electrons. The van der Waals surface area contributed by atoms with Gasteiger partial charge in [0.25, 0.3) is 0 Å². The maximum atomic E-state index is 12.9. The third-order valence-corrected chi connectivity index (χ3v) is 6.84. The Kier molecular flexibility index (Phi) is 4.09. The lowest BCUT2D eigenvalue weighted by Gasteiger charge is -2.39. The topological polar surface area (TPSA) is 46.6 Å². The molecule has 0 amide bonds. The molecule has 0 bridgehead atoms. The second-order valence-electron chi connectivity index (χ2n) is 5.39. The fraction of sp³-hybridized carbons (Fsp3) is 0.571. The number of halogens is 1. The quantitative estimate of drug-likeness (QED) is 0.709. The summed E-state index contributed by atoms with van der Waals surface area (Å²) in [6.45, 7) is 0.970. The Balaban J connectivity index is 1.95. The summed E-state index contributed by atoms with van der Waals surface area (Å²) in [5.74, 6) is 0. The highest BCUT2D eigenvalue weighted by Crippen LogP contribution is 2.41. The van der Waals surface area contributed by atoms with Crippen molar-refractivity contribution in [2.24, 2.45) is 0 Å². The molecule has 1 aliphatic carbocycles. The van der Waals surface area contributed by atoms with Gasteiger partial charge in [-0.3, -0.25) is 0 Å². The van der Waals surface area contributed by atoms with Gasteiger partial charge in [0.2, 0.25) is 10.0 Å². The molecule has 1 aliphatic heterocycles. The highest BCUT2D eigenvalue weighted by molar-refractivity contribution is 14.1. The van der Waals surface area contributed by atoms with Crippen molar-refractivity contribution in [3.8, 4) is 0 Å². The maximum absolute atomic E-state index is 12.9. The van der Waals surface area contributed by atoms with Crippen LogP contribution in [0.2, 0.25) is 0 Å². The summed E-state index contributed by atoms with van der Waals surface area (Å²) in [5, 5.41) is 0. The number of sulfonamides is 1. The fourth-order valence-electron chi connectivity index (χ4n) is 3.17. The van der Waals surface area contributed by atoms with Crippen LogP contribution in [0.15, 0.2) is 29.2 Å². The van der Waals surface area contributed by atoms with Crippen LogP contribution in [0.25, 0.3) is 0 Å². The molecule has 0 radical (unpaired) electrons. The molecule has 20 heavy (non-hydrogen) atoms. The molecule has 1 saturated carbocycles. The molecular weight excluding hydrogens is 389 g/mol. The van der Waals surface area contributed by atoms with Crippen LogP contribution in [0, 0.1) is 3.57 Å². The van der Waals surface area contributed by atoms with E-state index in [1.165, 1.54) is 6.42 Å². The normalized spacial score (nSPS) is 23.2. The van der Waals surface area contributed by atoms with Gasteiger partial charge in [0.15, 0.2) is 0 Å². The van der Waals surface area contributed by atoms with Crippen molar-refractivity contribution in [2.75, 3.05) is 13.2 Å². The Labute approximate surface area is 133 Å². The highest BCUT2D eigenvalue weighted by atomic mass is 127. The van der Waals surface area contributed by atoms with E-state index in [-0.39, 0.29) is 0 Å². The van der Waals surface area contributed by atoms with Crippen molar-refractivity contribution in [1.82, 2.24) is 4.31 Å². The molecule has 1 aromatic carbocycles. The van der Waals surface area contributed by atoms with E-state index in [9.17, 15) is 8.42 Å². The number of hydrogen-bond acceptors (Lipinski definition) is 3. The summed E-state index contributed by atoms with van der Waals surface area (Å²) in [6, 6.07) is 7.04. The number of hydrogen-bond donors (Lipinski definition) is 0. The minimum atomic E-state index is -3.46. The molecule has 1 aromatic rings. The molecule has 1 heterocycles. The van der Waals surface area contributed by atoms with E-state index < -0.39 is 15.7 Å². The van der Waals surface area contributed by atoms with Crippen molar-refractivity contribution in [3.63, 3.8) is 0 Å². The summed E-state index contributed by atoms with van der Waals surface area (Å²) in [7, 11) is -3.46. The highest BCUT2D eigenvalue weighted by Gasteiger charge is 2.49. The van der Waals surface area contributed by atoms with Crippen molar-refractivity contribution in [3.05, 3.63) is 27.8 Å². The Morgan fingerprint density at radius 3 is 2.40 bits per heavy atom. The van der Waals surface area contributed by atoms with Gasteiger partial charge >= 0.3 is 0 Å². The smallest absolute Gasteiger partial charge is 0.245 e. The van der Waals surface area contributed by atoms with Crippen LogP contribution >= 0.6 is 22.6 Å². The molecule has 6 heteroatoms. The fourth-order valence-corrected chi connectivity index (χ4v) is 5.25. The molecule has 2 fully saturated rings. The van der Waals surface area contributed by atoms with Crippen LogP contribution < -0.4 is 0 Å². The number of nitrogens with zero attached hydrogens (tertiary/aromatic N) is 1. The Morgan fingerprint density at radius 1 is 1.10 bits per heavy atom. The summed E-state index contributed by atoms with van der Waals surface area (Å²) in [4.78, 5) is 0.369. The van der Waals surface area contributed by atoms with Crippen LogP contribution in [0.1, 0.15) is 32.1 Å². The summed E-state index contributed by atoms with van der Waals surface area (Å²) >= 11 is 2.18. The van der Waals surface area contributed by atoms with Gasteiger partial charge in [-0.05, 0) is 72.5 Å². The van der Waals surface area contributed by atoms with Crippen LogP contribution in [-0.2, 0) is 14.8 Å². The van der Waals surface area contributed by atoms with E-state index in [1.807, 2.05) is 12.1 Å². The third-order valence-electron chi connectivity index (χ3n) is 4.16. The van der Waals surface area contributed by atoms with Crippen LogP contribution in [0.4, 0.5) is 0 Å². The maximum Gasteiger partial charge on any atom is 0.245 e. The van der Waals surface area contributed by atoms with E-state index in [0.717, 1.165) is 29.3 Å². The molecule has 1 saturated heterocycles. The zero-order valence-electron chi connectivity index (χ0n) is 11.2. The van der Waals surface area contributed by atoms with Crippen molar-refractivity contribution < 1.29 is 13.2 Å². The molecule has 3 rings (SSSR count). The van der Waals surface area contributed by atoms with Gasteiger partial charge in [0.1, 0.15) is 5.72 Å². The summed E-state index contributed by atoms with van der Waals surface area (Å²) in [5.41, 5.74) is -0.583. The van der Waals surface area contributed by atoms with Crippen molar-refractivity contribution in [2.45, 2.75) is 42.7 Å². The minimum absolute atomic E-state index is 0.369. The standard InChI is InChI=1S/C14H18INO3S/c15-12-4-6-13(7-5-12)20(17,18)16-10-11-19-14(16)8-2-1-3-9-14/h4-7H,1-3,8-11H2. The summed E-state index contributed by atoms with van der Waals surface area (Å²) < 4.78 is 34.2. The molecule has 2 aliphatic rings. The Hall–Kier alpha value is -0.180. The monoisotopic (exact) mass is 407 g/mol. The first-order chi connectivity index (χ1) is 9.55. The Morgan fingerprint density at radius 2 is 1.75 bits per heavy atom. The lowest BCUT2D eigenvalue weighted by atomic mass is 9.92. The third kappa shape index (κ3) is 2.51. The molecule has 0 unspecified atom stereocenters. The van der Waals surface area contributed by atoms with Crippen LogP contribution in [-0.4, -0.2) is 31.6 Å². The average Bonchev–Trinajstić information content (AvgIpc) is 2.84. The van der Waals surface area contributed by atoms with Gasteiger partial charge in [0.05, 0.1) is 11.5 Å². The molecule has 4 nitrogen and oxygen atoms in total. The first kappa shape index (κ1) is 14.7. The zero-order valence-corrected chi connectivity index (χ0v) is 14.2. The number of benzene rings is 1. The van der Waals surface area contributed by atoms with Crippen molar-refractivity contribution in [1.29, 1.82) is 0 Å².